The minimum atomic E-state index is -0.605. The van der Waals surface area contributed by atoms with E-state index in [0.717, 1.165) is 55.0 Å². The van der Waals surface area contributed by atoms with E-state index >= 15 is 0 Å². The van der Waals surface area contributed by atoms with Gasteiger partial charge < -0.3 is 9.64 Å². The number of hydrogen-bond donors (Lipinski definition) is 1. The first kappa shape index (κ1) is 24.1. The van der Waals surface area contributed by atoms with Crippen LogP contribution in [-0.2, 0) is 35.1 Å². The summed E-state index contributed by atoms with van der Waals surface area (Å²) in [5, 5.41) is 6.91. The molecule has 4 aliphatic heterocycles. The van der Waals surface area contributed by atoms with Crippen LogP contribution in [-0.4, -0.2) is 63.0 Å². The van der Waals surface area contributed by atoms with Crippen molar-refractivity contribution in [1.82, 2.24) is 24.9 Å². The lowest BCUT2D eigenvalue weighted by atomic mass is 9.74. The summed E-state index contributed by atoms with van der Waals surface area (Å²) in [6.07, 6.45) is 4.56. The molecule has 0 aliphatic carbocycles. The highest BCUT2D eigenvalue weighted by Crippen LogP contribution is 2.48. The molecule has 1 N–H and O–H groups in total. The summed E-state index contributed by atoms with van der Waals surface area (Å²) in [4.78, 5) is 41.3. The molecule has 9 heteroatoms. The van der Waals surface area contributed by atoms with Crippen molar-refractivity contribution in [3.05, 3.63) is 70.9 Å². The van der Waals surface area contributed by atoms with Gasteiger partial charge in [0, 0.05) is 54.9 Å². The first-order valence-electron chi connectivity index (χ1n) is 13.6. The third-order valence-electron chi connectivity index (χ3n) is 8.85. The van der Waals surface area contributed by atoms with Crippen molar-refractivity contribution >= 4 is 17.7 Å². The minimum Gasteiger partial charge on any atom is -0.492 e. The normalized spacial score (nSPS) is 22.1. The van der Waals surface area contributed by atoms with Gasteiger partial charge >= 0.3 is 0 Å². The maximum Gasteiger partial charge on any atom is 0.255 e. The van der Waals surface area contributed by atoms with E-state index in [-0.39, 0.29) is 29.6 Å². The van der Waals surface area contributed by atoms with Gasteiger partial charge in [0.05, 0.1) is 12.3 Å². The van der Waals surface area contributed by atoms with Gasteiger partial charge in [-0.25, -0.2) is 0 Å². The van der Waals surface area contributed by atoms with E-state index in [1.807, 2.05) is 30.1 Å². The molecule has 4 aliphatic rings. The van der Waals surface area contributed by atoms with Gasteiger partial charge in [0.25, 0.3) is 5.91 Å². The summed E-state index contributed by atoms with van der Waals surface area (Å²) in [7, 11) is 1.93. The van der Waals surface area contributed by atoms with Crippen LogP contribution in [0.5, 0.6) is 5.75 Å². The Hall–Kier alpha value is -3.98. The molecule has 1 unspecified atom stereocenters. The number of aryl methyl sites for hydroxylation is 1. The quantitative estimate of drug-likeness (QED) is 0.527. The Labute approximate surface area is 226 Å². The van der Waals surface area contributed by atoms with Crippen LogP contribution in [0, 0.1) is 0 Å². The Kier molecular flexibility index (Phi) is 5.59. The number of ether oxygens (including phenoxy) is 1. The number of imide groups is 1. The van der Waals surface area contributed by atoms with Gasteiger partial charge in [-0.15, -0.1) is 0 Å². The molecular formula is C30H31N5O4. The van der Waals surface area contributed by atoms with Gasteiger partial charge in [0.15, 0.2) is 0 Å². The second-order valence-electron chi connectivity index (χ2n) is 11.3. The third-order valence-corrected chi connectivity index (χ3v) is 8.85. The van der Waals surface area contributed by atoms with Crippen LogP contribution >= 0.6 is 0 Å². The lowest BCUT2D eigenvalue weighted by Gasteiger charge is -2.38. The predicted molar refractivity (Wildman–Crippen MR) is 143 cm³/mol. The molecule has 2 saturated heterocycles. The molecule has 3 aromatic rings. The molecule has 2 fully saturated rings. The molecule has 0 bridgehead atoms. The summed E-state index contributed by atoms with van der Waals surface area (Å²) in [6, 6.07) is 14.1. The molecule has 200 valence electrons. The number of benzene rings is 2. The van der Waals surface area contributed by atoms with Gasteiger partial charge in [-0.2, -0.15) is 5.10 Å². The van der Waals surface area contributed by atoms with E-state index in [4.69, 9.17) is 4.74 Å². The van der Waals surface area contributed by atoms with Crippen molar-refractivity contribution in [2.24, 2.45) is 7.05 Å². The van der Waals surface area contributed by atoms with Gasteiger partial charge in [-0.05, 0) is 67.7 Å². The summed E-state index contributed by atoms with van der Waals surface area (Å²) in [6.45, 7) is 3.86. The summed E-state index contributed by atoms with van der Waals surface area (Å²) < 4.78 is 8.00. The molecule has 39 heavy (non-hydrogen) atoms. The number of nitrogens with zero attached hydrogens (tertiary/aromatic N) is 4. The third kappa shape index (κ3) is 4.12. The van der Waals surface area contributed by atoms with Crippen LogP contribution in [0.15, 0.2) is 48.7 Å². The van der Waals surface area contributed by atoms with Crippen molar-refractivity contribution < 1.29 is 19.1 Å². The molecule has 2 aromatic carbocycles. The van der Waals surface area contributed by atoms with Crippen LogP contribution in [0.2, 0.25) is 0 Å². The largest absolute Gasteiger partial charge is 0.492 e. The molecule has 0 saturated carbocycles. The predicted octanol–water partition coefficient (Wildman–Crippen LogP) is 2.77. The van der Waals surface area contributed by atoms with Crippen LogP contribution in [0.1, 0.15) is 52.7 Å². The molecular weight excluding hydrogens is 494 g/mol. The second-order valence-corrected chi connectivity index (χ2v) is 11.3. The molecule has 1 aromatic heterocycles. The van der Waals surface area contributed by atoms with Gasteiger partial charge in [0.2, 0.25) is 11.8 Å². The fourth-order valence-electron chi connectivity index (χ4n) is 6.63. The van der Waals surface area contributed by atoms with E-state index in [0.29, 0.717) is 25.1 Å². The van der Waals surface area contributed by atoms with E-state index in [1.165, 1.54) is 11.1 Å². The highest BCUT2D eigenvalue weighted by molar-refractivity contribution is 6.05. The Morgan fingerprint density at radius 3 is 2.72 bits per heavy atom. The lowest BCUT2D eigenvalue weighted by Crippen LogP contribution is -2.52. The number of piperidine rings is 2. The first-order valence-corrected chi connectivity index (χ1v) is 13.6. The highest BCUT2D eigenvalue weighted by Gasteiger charge is 2.46. The van der Waals surface area contributed by atoms with Crippen molar-refractivity contribution in [2.75, 3.05) is 19.7 Å². The summed E-state index contributed by atoms with van der Waals surface area (Å²) >= 11 is 0. The molecule has 9 nitrogen and oxygen atoms in total. The number of nitrogens with one attached hydrogen (secondary N) is 1. The molecule has 7 rings (SSSR count). The standard InChI is InChI=1S/C30H31N5O4/c1-33-10-7-24(32-33)20-4-2-3-19(13-20)16-34-11-8-30(9-12-34)18-39-26-15-22-21(14-23(26)30)17-35(29(22)38)25-5-6-27(36)31-28(25)37/h2-4,7,10,13-15,25H,5-6,8-9,11-12,16-18H2,1H3,(H,31,36,37). The Morgan fingerprint density at radius 1 is 1.10 bits per heavy atom. The SMILES string of the molecule is Cn1ccc(-c2cccc(CN3CCC4(CC3)COc3cc5c(cc34)CN(C3CCC(=O)NC3=O)C5=O)c2)n1. The monoisotopic (exact) mass is 525 g/mol. The molecule has 3 amide bonds. The zero-order valence-electron chi connectivity index (χ0n) is 22.0. The van der Waals surface area contributed by atoms with Crippen LogP contribution in [0.4, 0.5) is 0 Å². The summed E-state index contributed by atoms with van der Waals surface area (Å²) in [5.41, 5.74) is 6.09. The van der Waals surface area contributed by atoms with Crippen molar-refractivity contribution in [3.63, 3.8) is 0 Å². The van der Waals surface area contributed by atoms with Crippen LogP contribution in [0.3, 0.4) is 0 Å². The Balaban J connectivity index is 1.05. The van der Waals surface area contributed by atoms with Crippen molar-refractivity contribution in [1.29, 1.82) is 0 Å². The number of likely N-dealkylation sites (tertiary alicyclic amines) is 1. The second kappa shape index (κ2) is 9.05. The Bertz CT molecular complexity index is 1500. The lowest BCUT2D eigenvalue weighted by molar-refractivity contribution is -0.136. The minimum absolute atomic E-state index is 0.0538. The fourth-order valence-corrected chi connectivity index (χ4v) is 6.63. The van der Waals surface area contributed by atoms with E-state index in [2.05, 4.69) is 45.6 Å². The van der Waals surface area contributed by atoms with E-state index < -0.39 is 6.04 Å². The maximum atomic E-state index is 13.2. The average Bonchev–Trinajstić information content (AvgIpc) is 3.61. The smallest absolute Gasteiger partial charge is 0.255 e. The fraction of sp³-hybridized carbons (Fsp3) is 0.400. The van der Waals surface area contributed by atoms with Crippen LogP contribution < -0.4 is 10.1 Å². The van der Waals surface area contributed by atoms with E-state index in [9.17, 15) is 14.4 Å². The highest BCUT2D eigenvalue weighted by atomic mass is 16.5. The molecule has 0 radical (unpaired) electrons. The average molecular weight is 526 g/mol. The first-order chi connectivity index (χ1) is 18.9. The van der Waals surface area contributed by atoms with Gasteiger partial charge in [0.1, 0.15) is 11.8 Å². The van der Waals surface area contributed by atoms with Gasteiger partial charge in [-0.1, -0.05) is 18.2 Å². The number of hydrogen-bond acceptors (Lipinski definition) is 6. The van der Waals surface area contributed by atoms with Crippen molar-refractivity contribution in [2.45, 2.75) is 50.2 Å². The number of rotatable bonds is 4. The number of carbonyl (C=O) groups is 3. The topological polar surface area (TPSA) is 96.8 Å². The van der Waals surface area contributed by atoms with Crippen LogP contribution in [0.25, 0.3) is 11.3 Å². The molecule has 1 atom stereocenters. The van der Waals surface area contributed by atoms with E-state index in [1.54, 1.807) is 4.90 Å². The number of carbonyl (C=O) groups excluding carboxylic acids is 3. The zero-order chi connectivity index (χ0) is 26.7. The number of amides is 3. The number of aromatic nitrogens is 2. The molecule has 5 heterocycles. The van der Waals surface area contributed by atoms with Gasteiger partial charge in [-0.3, -0.25) is 29.3 Å². The Morgan fingerprint density at radius 2 is 1.95 bits per heavy atom. The maximum absolute atomic E-state index is 13.2. The summed E-state index contributed by atoms with van der Waals surface area (Å²) in [5.74, 6) is -0.0223. The van der Waals surface area contributed by atoms with Crippen molar-refractivity contribution in [3.8, 4) is 17.0 Å². The number of fused-ring (bicyclic) bond motifs is 3. The zero-order valence-corrected chi connectivity index (χ0v) is 22.0. The molecule has 1 spiro atoms.